The molecule has 4 unspecified atom stereocenters. The first-order valence-corrected chi connectivity index (χ1v) is 10.3. The minimum absolute atomic E-state index is 0.515. The molecule has 1 heterocycles. The molecule has 2 nitrogen and oxygen atoms in total. The van der Waals surface area contributed by atoms with Gasteiger partial charge in [0.05, 0.1) is 0 Å². The summed E-state index contributed by atoms with van der Waals surface area (Å²) in [5.74, 6) is 4.40. The smallest absolute Gasteiger partial charge is 0.154 e. The van der Waals surface area contributed by atoms with Gasteiger partial charge in [-0.1, -0.05) is 33.8 Å². The van der Waals surface area contributed by atoms with Crippen molar-refractivity contribution in [2.45, 2.75) is 80.6 Å². The van der Waals surface area contributed by atoms with E-state index in [-0.39, 0.29) is 0 Å². The van der Waals surface area contributed by atoms with Crippen LogP contribution in [-0.4, -0.2) is 10.7 Å². The number of nitrogens with zero attached hydrogens (tertiary/aromatic N) is 2. The molecule has 0 aromatic carbocycles. The number of hydrogen-bond donors (Lipinski definition) is 0. The monoisotopic (exact) mass is 340 g/mol. The molecule has 0 N–H and O–H groups in total. The van der Waals surface area contributed by atoms with Gasteiger partial charge in [0.15, 0.2) is 5.82 Å². The summed E-state index contributed by atoms with van der Waals surface area (Å²) in [5, 5.41) is 0. The molecule has 0 spiro atoms. The van der Waals surface area contributed by atoms with Gasteiger partial charge in [-0.3, -0.25) is 0 Å². The Hall–Kier alpha value is -1.18. The lowest BCUT2D eigenvalue weighted by molar-refractivity contribution is 0.130. The molecule has 5 atom stereocenters. The number of hydrogen-bond acceptors (Lipinski definition) is 2. The SMILES string of the molecule is CC/C(CC1CCC2C(C)CC(C)[C@]12C)=N\c1nc(C)c(C)cc1C. The fourth-order valence-electron chi connectivity index (χ4n) is 5.91. The molecule has 1 aromatic rings. The lowest BCUT2D eigenvalue weighted by atomic mass is 9.68. The van der Waals surface area contributed by atoms with Crippen LogP contribution in [0, 0.1) is 49.9 Å². The summed E-state index contributed by atoms with van der Waals surface area (Å²) in [4.78, 5) is 9.79. The quantitative estimate of drug-likeness (QED) is 0.568. The fourth-order valence-corrected chi connectivity index (χ4v) is 5.91. The number of fused-ring (bicyclic) bond motifs is 1. The zero-order valence-electron chi connectivity index (χ0n) is 17.3. The lowest BCUT2D eigenvalue weighted by Crippen LogP contribution is -2.32. The minimum Gasteiger partial charge on any atom is -0.238 e. The molecule has 2 aliphatic carbocycles. The number of aliphatic imine (C=N–C) groups is 1. The van der Waals surface area contributed by atoms with E-state index in [1.54, 1.807) is 0 Å². The van der Waals surface area contributed by atoms with Crippen LogP contribution < -0.4 is 0 Å². The largest absolute Gasteiger partial charge is 0.238 e. The molecule has 0 radical (unpaired) electrons. The summed E-state index contributed by atoms with van der Waals surface area (Å²) < 4.78 is 0. The van der Waals surface area contributed by atoms with Crippen molar-refractivity contribution in [3.63, 3.8) is 0 Å². The Morgan fingerprint density at radius 1 is 1.20 bits per heavy atom. The predicted molar refractivity (Wildman–Crippen MR) is 108 cm³/mol. The molecule has 2 heteroatoms. The zero-order chi connectivity index (χ0) is 18.4. The third-order valence-electron chi connectivity index (χ3n) is 7.76. The van der Waals surface area contributed by atoms with Crippen LogP contribution in [0.2, 0.25) is 0 Å². The highest BCUT2D eigenvalue weighted by Gasteiger charge is 2.55. The van der Waals surface area contributed by atoms with E-state index >= 15 is 0 Å². The third-order valence-corrected chi connectivity index (χ3v) is 7.76. The molecule has 1 aromatic heterocycles. The second-order valence-corrected chi connectivity index (χ2v) is 9.13. The van der Waals surface area contributed by atoms with Gasteiger partial charge in [-0.15, -0.1) is 0 Å². The van der Waals surface area contributed by atoms with Crippen molar-refractivity contribution in [3.8, 4) is 0 Å². The Morgan fingerprint density at radius 2 is 1.92 bits per heavy atom. The van der Waals surface area contributed by atoms with Gasteiger partial charge in [-0.05, 0) is 93.1 Å². The average Bonchev–Trinajstić information content (AvgIpc) is 2.99. The van der Waals surface area contributed by atoms with Gasteiger partial charge in [0.1, 0.15) is 0 Å². The number of rotatable bonds is 4. The molecular formula is C23H36N2. The van der Waals surface area contributed by atoms with Crippen LogP contribution >= 0.6 is 0 Å². The van der Waals surface area contributed by atoms with Crippen molar-refractivity contribution in [2.75, 3.05) is 0 Å². The van der Waals surface area contributed by atoms with Crippen LogP contribution in [0.15, 0.2) is 11.1 Å². The van der Waals surface area contributed by atoms with E-state index in [2.05, 4.69) is 54.5 Å². The first-order chi connectivity index (χ1) is 11.8. The Morgan fingerprint density at radius 3 is 2.60 bits per heavy atom. The molecule has 2 aliphatic rings. The number of aromatic nitrogens is 1. The van der Waals surface area contributed by atoms with E-state index in [0.717, 1.165) is 48.0 Å². The Labute approximate surface area is 154 Å². The molecule has 0 saturated heterocycles. The summed E-state index contributed by atoms with van der Waals surface area (Å²) in [6.07, 6.45) is 6.41. The van der Waals surface area contributed by atoms with Crippen LogP contribution in [0.1, 0.15) is 76.6 Å². The van der Waals surface area contributed by atoms with E-state index in [4.69, 9.17) is 9.98 Å². The van der Waals surface area contributed by atoms with Gasteiger partial charge < -0.3 is 0 Å². The van der Waals surface area contributed by atoms with Crippen molar-refractivity contribution in [1.82, 2.24) is 4.98 Å². The second kappa shape index (κ2) is 6.85. The van der Waals surface area contributed by atoms with E-state index in [0.29, 0.717) is 5.41 Å². The summed E-state index contributed by atoms with van der Waals surface area (Å²) in [6.45, 7) is 16.2. The van der Waals surface area contributed by atoms with Crippen LogP contribution in [0.4, 0.5) is 5.82 Å². The van der Waals surface area contributed by atoms with Crippen LogP contribution in [-0.2, 0) is 0 Å². The highest BCUT2D eigenvalue weighted by molar-refractivity contribution is 5.87. The first kappa shape index (κ1) is 18.6. The van der Waals surface area contributed by atoms with Crippen molar-refractivity contribution < 1.29 is 0 Å². The minimum atomic E-state index is 0.515. The Bertz CT molecular complexity index is 675. The summed E-state index contributed by atoms with van der Waals surface area (Å²) in [5.41, 5.74) is 5.42. The van der Waals surface area contributed by atoms with Gasteiger partial charge in [-0.25, -0.2) is 9.98 Å². The van der Waals surface area contributed by atoms with Crippen molar-refractivity contribution >= 4 is 11.5 Å². The average molecular weight is 341 g/mol. The number of aryl methyl sites for hydroxylation is 3. The van der Waals surface area contributed by atoms with Gasteiger partial charge in [0, 0.05) is 11.4 Å². The zero-order valence-corrected chi connectivity index (χ0v) is 17.3. The molecule has 138 valence electrons. The molecular weight excluding hydrogens is 304 g/mol. The van der Waals surface area contributed by atoms with E-state index in [1.165, 1.54) is 36.1 Å². The van der Waals surface area contributed by atoms with E-state index < -0.39 is 0 Å². The molecule has 25 heavy (non-hydrogen) atoms. The maximum atomic E-state index is 5.04. The van der Waals surface area contributed by atoms with Crippen molar-refractivity contribution in [2.24, 2.45) is 34.1 Å². The molecule has 0 aliphatic heterocycles. The Kier molecular flexibility index (Phi) is 5.10. The fraction of sp³-hybridized carbons (Fsp3) is 0.739. The summed E-state index contributed by atoms with van der Waals surface area (Å²) in [7, 11) is 0. The summed E-state index contributed by atoms with van der Waals surface area (Å²) in [6, 6.07) is 2.22. The topological polar surface area (TPSA) is 25.2 Å². The van der Waals surface area contributed by atoms with Crippen LogP contribution in [0.3, 0.4) is 0 Å². The molecule has 0 amide bonds. The highest BCUT2D eigenvalue weighted by atomic mass is 14.9. The van der Waals surface area contributed by atoms with Crippen molar-refractivity contribution in [3.05, 3.63) is 22.9 Å². The number of pyridine rings is 1. The van der Waals surface area contributed by atoms with Crippen LogP contribution in [0.5, 0.6) is 0 Å². The maximum Gasteiger partial charge on any atom is 0.154 e. The summed E-state index contributed by atoms with van der Waals surface area (Å²) >= 11 is 0. The molecule has 0 bridgehead atoms. The van der Waals surface area contributed by atoms with E-state index in [1.807, 2.05) is 0 Å². The van der Waals surface area contributed by atoms with Crippen LogP contribution in [0.25, 0.3) is 0 Å². The second-order valence-electron chi connectivity index (χ2n) is 9.13. The predicted octanol–water partition coefficient (Wildman–Crippen LogP) is 6.59. The Balaban J connectivity index is 1.85. The van der Waals surface area contributed by atoms with E-state index in [9.17, 15) is 0 Å². The van der Waals surface area contributed by atoms with Gasteiger partial charge in [0.2, 0.25) is 0 Å². The van der Waals surface area contributed by atoms with Gasteiger partial charge in [0.25, 0.3) is 0 Å². The van der Waals surface area contributed by atoms with Crippen molar-refractivity contribution in [1.29, 1.82) is 0 Å². The first-order valence-electron chi connectivity index (χ1n) is 10.3. The standard InChI is InChI=1S/C23H36N2/c1-8-20(25-22-16(4)11-14(2)18(6)24-22)13-19-9-10-21-15(3)12-17(5)23(19,21)7/h11,15,17,19,21H,8-10,12-13H2,1-7H3/b25-20+/t15?,17?,19?,21?,23-/m1/s1. The van der Waals surface area contributed by atoms with Gasteiger partial charge >= 0.3 is 0 Å². The van der Waals surface area contributed by atoms with Gasteiger partial charge in [-0.2, -0.15) is 0 Å². The molecule has 3 rings (SSSR count). The lowest BCUT2D eigenvalue weighted by Gasteiger charge is -2.37. The maximum absolute atomic E-state index is 5.04. The molecule has 2 fully saturated rings. The normalized spacial score (nSPS) is 35.2. The molecule has 2 saturated carbocycles. The third kappa shape index (κ3) is 3.17. The highest BCUT2D eigenvalue weighted by Crippen LogP contribution is 2.63.